The van der Waals surface area contributed by atoms with Gasteiger partial charge in [-0.15, -0.1) is 0 Å². The lowest BCUT2D eigenvalue weighted by Crippen LogP contribution is -2.40. The van der Waals surface area contributed by atoms with E-state index in [0.717, 1.165) is 25.7 Å². The van der Waals surface area contributed by atoms with Gasteiger partial charge in [-0.1, -0.05) is 32.1 Å². The van der Waals surface area contributed by atoms with Crippen molar-refractivity contribution in [3.05, 3.63) is 70.3 Å². The summed E-state index contributed by atoms with van der Waals surface area (Å²) in [5.41, 5.74) is 0.977. The number of carbonyl (C=O) groups excluding carboxylic acids is 2. The number of benzene rings is 1. The average molecular weight is 507 g/mol. The molecule has 3 heterocycles. The number of rotatable bonds is 7. The molecule has 2 aliphatic rings. The highest BCUT2D eigenvalue weighted by molar-refractivity contribution is 5.94. The molecule has 9 heteroatoms. The van der Waals surface area contributed by atoms with Gasteiger partial charge in [0.1, 0.15) is 5.82 Å². The monoisotopic (exact) mass is 506 g/mol. The van der Waals surface area contributed by atoms with E-state index < -0.39 is 17.4 Å². The van der Waals surface area contributed by atoms with Crippen molar-refractivity contribution in [1.82, 2.24) is 19.4 Å². The average Bonchev–Trinajstić information content (AvgIpc) is 2.93. The maximum absolute atomic E-state index is 13.9. The molecule has 0 N–H and O–H groups in total. The van der Waals surface area contributed by atoms with Gasteiger partial charge in [-0.25, -0.2) is 9.37 Å². The van der Waals surface area contributed by atoms with Crippen LogP contribution in [-0.2, 0) is 16.0 Å². The van der Waals surface area contributed by atoms with Crippen LogP contribution in [0.3, 0.4) is 0 Å². The summed E-state index contributed by atoms with van der Waals surface area (Å²) in [5.74, 6) is -0.440. The lowest BCUT2D eigenvalue weighted by atomic mass is 9.83. The van der Waals surface area contributed by atoms with Crippen LogP contribution in [0.25, 0.3) is 10.9 Å². The number of halogens is 1. The molecule has 1 unspecified atom stereocenters. The molecular formula is C28H31FN4O4. The summed E-state index contributed by atoms with van der Waals surface area (Å²) in [6, 6.07) is 6.58. The topological polar surface area (TPSA) is 94.4 Å². The fourth-order valence-electron chi connectivity index (χ4n) is 5.37. The minimum absolute atomic E-state index is 0.0248. The van der Waals surface area contributed by atoms with Gasteiger partial charge in [0.05, 0.1) is 48.5 Å². The molecule has 37 heavy (non-hydrogen) atoms. The number of hydrogen-bond acceptors (Lipinski definition) is 6. The Morgan fingerprint density at radius 3 is 2.57 bits per heavy atom. The smallest absolute Gasteiger partial charge is 0.261 e. The zero-order valence-corrected chi connectivity index (χ0v) is 20.8. The second-order valence-electron chi connectivity index (χ2n) is 9.96. The van der Waals surface area contributed by atoms with Crippen molar-refractivity contribution in [1.29, 1.82) is 0 Å². The van der Waals surface area contributed by atoms with Gasteiger partial charge in [0, 0.05) is 25.0 Å². The highest BCUT2D eigenvalue weighted by Gasteiger charge is 2.28. The Bertz CT molecular complexity index is 1330. The number of Topliss-reactive ketones (excluding diaryl/α,β-unsaturated/α-hetero) is 1. The molecular weight excluding hydrogens is 475 g/mol. The van der Waals surface area contributed by atoms with E-state index in [1.807, 2.05) is 0 Å². The van der Waals surface area contributed by atoms with Crippen LogP contribution < -0.4 is 5.56 Å². The number of aromatic nitrogens is 3. The van der Waals surface area contributed by atoms with Gasteiger partial charge in [0.25, 0.3) is 11.5 Å². The van der Waals surface area contributed by atoms with Crippen LogP contribution in [0.4, 0.5) is 4.39 Å². The predicted octanol–water partition coefficient (Wildman–Crippen LogP) is 3.73. The summed E-state index contributed by atoms with van der Waals surface area (Å²) in [7, 11) is 0. The normalized spacial score (nSPS) is 17.6. The predicted molar refractivity (Wildman–Crippen MR) is 136 cm³/mol. The number of hydrogen-bond donors (Lipinski definition) is 0. The standard InChI is InChI=1S/C28H31FN4O4/c29-21-7-9-24-23(15-21)28(36)33(18-31-24)25(14-19-4-2-1-3-5-19)26(34)16-22-8-6-20(17-30-22)27(35)32-10-12-37-13-11-32/h6-9,15,17-19,25H,1-5,10-14,16H2. The first-order valence-electron chi connectivity index (χ1n) is 13.0. The molecule has 1 aromatic carbocycles. The summed E-state index contributed by atoms with van der Waals surface area (Å²) in [6.07, 6.45) is 8.92. The Hall–Kier alpha value is -3.46. The van der Waals surface area contributed by atoms with E-state index in [-0.39, 0.29) is 23.5 Å². The lowest BCUT2D eigenvalue weighted by Gasteiger charge is -2.27. The number of fused-ring (bicyclic) bond motifs is 1. The fraction of sp³-hybridized carbons (Fsp3) is 0.464. The molecule has 5 rings (SSSR count). The fourth-order valence-corrected chi connectivity index (χ4v) is 5.37. The third-order valence-electron chi connectivity index (χ3n) is 7.46. The number of ketones is 1. The molecule has 194 valence electrons. The van der Waals surface area contributed by atoms with Gasteiger partial charge < -0.3 is 9.64 Å². The van der Waals surface area contributed by atoms with E-state index in [2.05, 4.69) is 9.97 Å². The van der Waals surface area contributed by atoms with Crippen molar-refractivity contribution in [3.8, 4) is 0 Å². The van der Waals surface area contributed by atoms with Crippen LogP contribution >= 0.6 is 0 Å². The highest BCUT2D eigenvalue weighted by Crippen LogP contribution is 2.31. The van der Waals surface area contributed by atoms with Gasteiger partial charge in [-0.05, 0) is 42.7 Å². The molecule has 1 aliphatic carbocycles. The second-order valence-corrected chi connectivity index (χ2v) is 9.96. The van der Waals surface area contributed by atoms with E-state index in [1.165, 1.54) is 41.7 Å². The first-order valence-corrected chi connectivity index (χ1v) is 13.0. The zero-order valence-electron chi connectivity index (χ0n) is 20.8. The van der Waals surface area contributed by atoms with Crippen LogP contribution in [0, 0.1) is 11.7 Å². The summed E-state index contributed by atoms with van der Waals surface area (Å²) < 4.78 is 20.6. The maximum atomic E-state index is 13.9. The summed E-state index contributed by atoms with van der Waals surface area (Å²) in [5, 5.41) is 0.160. The molecule has 2 aromatic heterocycles. The molecule has 1 saturated carbocycles. The largest absolute Gasteiger partial charge is 0.378 e. The van der Waals surface area contributed by atoms with E-state index >= 15 is 0 Å². The lowest BCUT2D eigenvalue weighted by molar-refractivity contribution is -0.122. The number of carbonyl (C=O) groups is 2. The number of amides is 1. The molecule has 0 radical (unpaired) electrons. The third-order valence-corrected chi connectivity index (χ3v) is 7.46. The van der Waals surface area contributed by atoms with Crippen molar-refractivity contribution in [3.63, 3.8) is 0 Å². The molecule has 0 spiro atoms. The van der Waals surface area contributed by atoms with Crippen molar-refractivity contribution in [2.45, 2.75) is 51.0 Å². The number of morpholine rings is 1. The van der Waals surface area contributed by atoms with E-state index in [4.69, 9.17) is 4.74 Å². The van der Waals surface area contributed by atoms with Gasteiger partial charge in [0.15, 0.2) is 5.78 Å². The maximum Gasteiger partial charge on any atom is 0.261 e. The highest BCUT2D eigenvalue weighted by atomic mass is 19.1. The minimum Gasteiger partial charge on any atom is -0.378 e. The van der Waals surface area contributed by atoms with Crippen LogP contribution in [-0.4, -0.2) is 57.4 Å². The van der Waals surface area contributed by atoms with E-state index in [1.54, 1.807) is 17.0 Å². The van der Waals surface area contributed by atoms with Crippen LogP contribution in [0.5, 0.6) is 0 Å². The van der Waals surface area contributed by atoms with Crippen molar-refractivity contribution >= 4 is 22.6 Å². The van der Waals surface area contributed by atoms with Crippen LogP contribution in [0.15, 0.2) is 47.7 Å². The van der Waals surface area contributed by atoms with E-state index in [0.29, 0.717) is 55.4 Å². The van der Waals surface area contributed by atoms with Gasteiger partial charge in [0.2, 0.25) is 0 Å². The second kappa shape index (κ2) is 11.3. The quantitative estimate of drug-likeness (QED) is 0.485. The summed E-state index contributed by atoms with van der Waals surface area (Å²) in [4.78, 5) is 50.1. The third kappa shape index (κ3) is 5.77. The van der Waals surface area contributed by atoms with E-state index in [9.17, 15) is 18.8 Å². The van der Waals surface area contributed by atoms with Gasteiger partial charge in [-0.3, -0.25) is 23.9 Å². The Kier molecular flexibility index (Phi) is 7.69. The number of nitrogens with zero attached hydrogens (tertiary/aromatic N) is 4. The molecule has 1 amide bonds. The van der Waals surface area contributed by atoms with Gasteiger partial charge in [-0.2, -0.15) is 0 Å². The number of pyridine rings is 1. The van der Waals surface area contributed by atoms with Gasteiger partial charge >= 0.3 is 0 Å². The first-order chi connectivity index (χ1) is 18.0. The summed E-state index contributed by atoms with van der Waals surface area (Å²) in [6.45, 7) is 2.12. The molecule has 8 nitrogen and oxygen atoms in total. The molecule has 1 atom stereocenters. The molecule has 0 bridgehead atoms. The Morgan fingerprint density at radius 2 is 1.84 bits per heavy atom. The Balaban J connectivity index is 1.38. The minimum atomic E-state index is -0.716. The zero-order chi connectivity index (χ0) is 25.8. The summed E-state index contributed by atoms with van der Waals surface area (Å²) >= 11 is 0. The van der Waals surface area contributed by atoms with Crippen molar-refractivity contribution in [2.75, 3.05) is 26.3 Å². The molecule has 3 aromatic rings. The number of ether oxygens (including phenoxy) is 1. The Labute approximate surface area is 214 Å². The van der Waals surface area contributed by atoms with Crippen LogP contribution in [0.1, 0.15) is 60.6 Å². The van der Waals surface area contributed by atoms with Crippen molar-refractivity contribution in [2.24, 2.45) is 5.92 Å². The Morgan fingerprint density at radius 1 is 1.05 bits per heavy atom. The molecule has 1 aliphatic heterocycles. The van der Waals surface area contributed by atoms with Crippen molar-refractivity contribution < 1.29 is 18.7 Å². The first kappa shape index (κ1) is 25.2. The molecule has 1 saturated heterocycles. The van der Waals surface area contributed by atoms with Crippen LogP contribution in [0.2, 0.25) is 0 Å². The molecule has 2 fully saturated rings. The SMILES string of the molecule is O=C(Cc1ccc(C(=O)N2CCOCC2)cn1)C(CC1CCCCC1)n1cnc2ccc(F)cc2c1=O.